The molecule has 0 heterocycles. The number of rotatable bonds is 2. The number of hydrogen-bond donors (Lipinski definition) is 0. The Bertz CT molecular complexity index is 346. The van der Waals surface area contributed by atoms with Gasteiger partial charge in [0.2, 0.25) is 0 Å². The largest absolute Gasteiger partial charge is 0.302 e. The van der Waals surface area contributed by atoms with Gasteiger partial charge in [-0.05, 0) is 18.8 Å². The zero-order valence-electron chi connectivity index (χ0n) is 7.47. The maximum Gasteiger partial charge on any atom is 0.302 e. The quantitative estimate of drug-likeness (QED) is 0.678. The van der Waals surface area contributed by atoms with Crippen LogP contribution in [0.3, 0.4) is 0 Å². The predicted octanol–water partition coefficient (Wildman–Crippen LogP) is 2.11. The first-order valence-electron chi connectivity index (χ1n) is 4.57. The van der Waals surface area contributed by atoms with Crippen LogP contribution in [0.5, 0.6) is 0 Å². The molecule has 2 saturated carbocycles. The lowest BCUT2D eigenvalue weighted by molar-refractivity contribution is -0.271. The third-order valence-corrected chi connectivity index (χ3v) is 4.46. The zero-order valence-corrected chi connectivity index (χ0v) is 8.29. The molecular formula is C8H11F3O2S. The summed E-state index contributed by atoms with van der Waals surface area (Å²) < 4.78 is 59.4. The molecule has 0 aliphatic heterocycles. The minimum Gasteiger partial charge on any atom is -0.206 e. The van der Waals surface area contributed by atoms with Gasteiger partial charge in [-0.1, -0.05) is 6.42 Å². The van der Waals surface area contributed by atoms with E-state index in [2.05, 4.69) is 0 Å². The van der Waals surface area contributed by atoms with E-state index in [0.29, 0.717) is 19.3 Å². The molecule has 0 radical (unpaired) electrons. The maximum atomic E-state index is 13.1. The lowest BCUT2D eigenvalue weighted by Crippen LogP contribution is -2.63. The minimum absolute atomic E-state index is 0.334. The van der Waals surface area contributed by atoms with Crippen molar-refractivity contribution in [2.24, 2.45) is 11.3 Å². The molecule has 14 heavy (non-hydrogen) atoms. The van der Waals surface area contributed by atoms with Crippen LogP contribution in [-0.2, 0) is 10.2 Å². The van der Waals surface area contributed by atoms with Crippen molar-refractivity contribution in [1.29, 1.82) is 0 Å². The van der Waals surface area contributed by atoms with Crippen LogP contribution in [0.25, 0.3) is 0 Å². The van der Waals surface area contributed by atoms with E-state index in [1.807, 2.05) is 0 Å². The lowest BCUT2D eigenvalue weighted by atomic mass is 9.48. The summed E-state index contributed by atoms with van der Waals surface area (Å²) in [7, 11) is -4.61. The van der Waals surface area contributed by atoms with E-state index in [1.54, 1.807) is 0 Å². The van der Waals surface area contributed by atoms with E-state index in [-0.39, 0.29) is 0 Å². The van der Waals surface area contributed by atoms with Crippen LogP contribution in [0.1, 0.15) is 25.7 Å². The van der Waals surface area contributed by atoms with Gasteiger partial charge in [-0.25, -0.2) is 8.78 Å². The first-order chi connectivity index (χ1) is 6.27. The van der Waals surface area contributed by atoms with Gasteiger partial charge in [-0.15, -0.1) is 3.89 Å². The molecule has 1 unspecified atom stereocenters. The molecule has 0 aromatic heterocycles. The van der Waals surface area contributed by atoms with Gasteiger partial charge in [0.25, 0.3) is 5.92 Å². The van der Waals surface area contributed by atoms with Crippen LogP contribution in [0.15, 0.2) is 0 Å². The highest BCUT2D eigenvalue weighted by molar-refractivity contribution is 7.86. The molecule has 0 amide bonds. The van der Waals surface area contributed by atoms with Gasteiger partial charge < -0.3 is 0 Å². The van der Waals surface area contributed by atoms with Gasteiger partial charge >= 0.3 is 10.2 Å². The Morgan fingerprint density at radius 3 is 2.14 bits per heavy atom. The molecule has 2 fully saturated rings. The summed E-state index contributed by atoms with van der Waals surface area (Å²) >= 11 is 0. The van der Waals surface area contributed by atoms with Crippen molar-refractivity contribution in [3.05, 3.63) is 0 Å². The molecule has 2 aliphatic rings. The summed E-state index contributed by atoms with van der Waals surface area (Å²) in [4.78, 5) is 0. The first-order valence-corrected chi connectivity index (χ1v) is 6.12. The molecule has 0 saturated heterocycles. The number of halogens is 3. The molecule has 0 bridgehead atoms. The molecule has 2 rings (SSSR count). The van der Waals surface area contributed by atoms with Gasteiger partial charge in [0, 0.05) is 11.8 Å². The smallest absolute Gasteiger partial charge is 0.206 e. The van der Waals surface area contributed by atoms with Crippen LogP contribution in [0.4, 0.5) is 12.7 Å². The average Bonchev–Trinajstić information content (AvgIpc) is 1.75. The van der Waals surface area contributed by atoms with Crippen molar-refractivity contribution in [3.63, 3.8) is 0 Å². The topological polar surface area (TPSA) is 34.1 Å². The fraction of sp³-hybridized carbons (Fsp3) is 1.00. The molecule has 2 aliphatic carbocycles. The Balaban J connectivity index is 2.11. The van der Waals surface area contributed by atoms with Crippen molar-refractivity contribution in [2.75, 3.05) is 5.75 Å². The molecule has 2 nitrogen and oxygen atoms in total. The zero-order chi connectivity index (χ0) is 10.6. The van der Waals surface area contributed by atoms with Crippen molar-refractivity contribution < 1.29 is 21.1 Å². The second-order valence-corrected chi connectivity index (χ2v) is 5.73. The lowest BCUT2D eigenvalue weighted by Gasteiger charge is -2.60. The monoisotopic (exact) mass is 228 g/mol. The van der Waals surface area contributed by atoms with E-state index in [0.717, 1.165) is 0 Å². The van der Waals surface area contributed by atoms with Crippen LogP contribution in [0.2, 0.25) is 0 Å². The van der Waals surface area contributed by atoms with Gasteiger partial charge in [0.1, 0.15) is 0 Å². The molecule has 0 N–H and O–H groups in total. The highest BCUT2D eigenvalue weighted by atomic mass is 32.3. The second-order valence-electron chi connectivity index (χ2n) is 4.32. The van der Waals surface area contributed by atoms with Crippen LogP contribution in [0, 0.1) is 11.3 Å². The summed E-state index contributed by atoms with van der Waals surface area (Å²) in [6.45, 7) is 0. The highest BCUT2D eigenvalue weighted by Gasteiger charge is 2.70. The summed E-state index contributed by atoms with van der Waals surface area (Å²) in [5, 5.41) is 0. The van der Waals surface area contributed by atoms with Crippen LogP contribution < -0.4 is 0 Å². The molecule has 1 spiro atoms. The Kier molecular flexibility index (Phi) is 1.94. The SMILES string of the molecule is O=S(=O)(F)CC1CC(F)(F)C12CCC2. The Labute approximate surface area is 80.7 Å². The van der Waals surface area contributed by atoms with Crippen molar-refractivity contribution in [1.82, 2.24) is 0 Å². The van der Waals surface area contributed by atoms with E-state index in [1.165, 1.54) is 0 Å². The van der Waals surface area contributed by atoms with Gasteiger partial charge in [0.15, 0.2) is 0 Å². The summed E-state index contributed by atoms with van der Waals surface area (Å²) in [6.07, 6.45) is 0.884. The van der Waals surface area contributed by atoms with E-state index in [9.17, 15) is 21.1 Å². The summed E-state index contributed by atoms with van der Waals surface area (Å²) in [6, 6.07) is 0. The Morgan fingerprint density at radius 2 is 1.86 bits per heavy atom. The van der Waals surface area contributed by atoms with Gasteiger partial charge in [-0.2, -0.15) is 8.42 Å². The summed E-state index contributed by atoms with van der Waals surface area (Å²) in [5.74, 6) is -4.19. The number of alkyl halides is 2. The van der Waals surface area contributed by atoms with E-state index in [4.69, 9.17) is 0 Å². The van der Waals surface area contributed by atoms with Gasteiger partial charge in [0.05, 0.1) is 5.75 Å². The number of hydrogen-bond acceptors (Lipinski definition) is 2. The molecule has 1 atom stereocenters. The first kappa shape index (κ1) is 10.3. The minimum atomic E-state index is -4.61. The van der Waals surface area contributed by atoms with Crippen LogP contribution in [-0.4, -0.2) is 20.1 Å². The van der Waals surface area contributed by atoms with Crippen molar-refractivity contribution >= 4 is 10.2 Å². The fourth-order valence-electron chi connectivity index (χ4n) is 2.67. The highest BCUT2D eigenvalue weighted by Crippen LogP contribution is 2.68. The van der Waals surface area contributed by atoms with E-state index >= 15 is 0 Å². The van der Waals surface area contributed by atoms with Crippen LogP contribution >= 0.6 is 0 Å². The van der Waals surface area contributed by atoms with Gasteiger partial charge in [-0.3, -0.25) is 0 Å². The average molecular weight is 228 g/mol. The molecule has 82 valence electrons. The van der Waals surface area contributed by atoms with E-state index < -0.39 is 39.7 Å². The fourth-order valence-corrected chi connectivity index (χ4v) is 3.58. The maximum absolute atomic E-state index is 13.1. The molecular weight excluding hydrogens is 217 g/mol. The summed E-state index contributed by atoms with van der Waals surface area (Å²) in [5.41, 5.74) is -1.19. The van der Waals surface area contributed by atoms with Crippen molar-refractivity contribution in [2.45, 2.75) is 31.6 Å². The van der Waals surface area contributed by atoms with Crippen molar-refractivity contribution in [3.8, 4) is 0 Å². The molecule has 0 aromatic carbocycles. The second kappa shape index (κ2) is 2.65. The molecule has 0 aromatic rings. The normalized spacial score (nSPS) is 33.5. The third kappa shape index (κ3) is 1.26. The third-order valence-electron chi connectivity index (χ3n) is 3.66. The predicted molar refractivity (Wildman–Crippen MR) is 44.2 cm³/mol. The molecule has 6 heteroatoms. The Morgan fingerprint density at radius 1 is 1.29 bits per heavy atom. The Hall–Kier alpha value is -0.260. The standard InChI is InChI=1S/C8H11F3O2S/c9-8(10)4-6(5-14(11,12)13)7(8)2-1-3-7/h6H,1-5H2.